The van der Waals surface area contributed by atoms with Gasteiger partial charge in [0.25, 0.3) is 0 Å². The summed E-state index contributed by atoms with van der Waals surface area (Å²) in [6.45, 7) is 0. The molecule has 0 heterocycles. The second kappa shape index (κ2) is 3.30. The molecule has 0 atom stereocenters. The summed E-state index contributed by atoms with van der Waals surface area (Å²) in [4.78, 5) is 10.9. The molecular formula is C7H5OS. The van der Waals surface area contributed by atoms with Gasteiger partial charge in [-0.3, -0.25) is 4.79 Å². The number of thioether (sulfide) groups is 1. The van der Waals surface area contributed by atoms with Gasteiger partial charge in [0.15, 0.2) is 5.62 Å². The summed E-state index contributed by atoms with van der Waals surface area (Å²) in [6, 6.07) is 10.1. The monoisotopic (exact) mass is 137 g/mol. The number of rotatable bonds is 2. The summed E-state index contributed by atoms with van der Waals surface area (Å²) >= 11 is 1.17. The minimum atomic E-state index is 0.815. The van der Waals surface area contributed by atoms with Crippen LogP contribution < -0.4 is 0 Å². The van der Waals surface area contributed by atoms with E-state index in [9.17, 15) is 4.79 Å². The van der Waals surface area contributed by atoms with Gasteiger partial charge in [0.05, 0.1) is 0 Å². The molecule has 0 aliphatic heterocycles. The van der Waals surface area contributed by atoms with Crippen LogP contribution in [0.5, 0.6) is 0 Å². The second-order valence-electron chi connectivity index (χ2n) is 1.45. The zero-order chi connectivity index (χ0) is 6.53. The fourth-order valence-corrected chi connectivity index (χ4v) is 0.910. The maximum atomic E-state index is 9.93. The van der Waals surface area contributed by atoms with E-state index >= 15 is 0 Å². The van der Waals surface area contributed by atoms with E-state index in [2.05, 4.69) is 6.07 Å². The van der Waals surface area contributed by atoms with Crippen molar-refractivity contribution in [1.82, 2.24) is 0 Å². The van der Waals surface area contributed by atoms with E-state index < -0.39 is 0 Å². The predicted molar refractivity (Wildman–Crippen MR) is 37.9 cm³/mol. The molecule has 1 rings (SSSR count). The van der Waals surface area contributed by atoms with E-state index in [0.717, 1.165) is 10.5 Å². The molecule has 1 radical (unpaired) electrons. The van der Waals surface area contributed by atoms with E-state index in [0.29, 0.717) is 0 Å². The van der Waals surface area contributed by atoms with Crippen molar-refractivity contribution in [2.24, 2.45) is 0 Å². The first-order valence-electron chi connectivity index (χ1n) is 2.50. The summed E-state index contributed by atoms with van der Waals surface area (Å²) in [7, 11) is 0. The quantitative estimate of drug-likeness (QED) is 0.456. The maximum absolute atomic E-state index is 9.93. The average molecular weight is 137 g/mol. The molecule has 9 heavy (non-hydrogen) atoms. The van der Waals surface area contributed by atoms with Gasteiger partial charge in [0, 0.05) is 4.90 Å². The van der Waals surface area contributed by atoms with Gasteiger partial charge in [-0.05, 0) is 18.2 Å². The van der Waals surface area contributed by atoms with Crippen LogP contribution in [0.2, 0.25) is 0 Å². The number of hydrogen-bond donors (Lipinski definition) is 0. The van der Waals surface area contributed by atoms with Gasteiger partial charge < -0.3 is 0 Å². The van der Waals surface area contributed by atoms with E-state index in [1.807, 2.05) is 12.1 Å². The zero-order valence-electron chi connectivity index (χ0n) is 4.70. The summed E-state index contributed by atoms with van der Waals surface area (Å²) in [5.74, 6) is 0. The molecule has 0 aromatic heterocycles. The molecule has 0 spiro atoms. The Balaban J connectivity index is 2.72. The lowest BCUT2D eigenvalue weighted by Gasteiger charge is -1.87. The molecule has 0 unspecified atom stereocenters. The third-order valence-electron chi connectivity index (χ3n) is 0.872. The minimum absolute atomic E-state index is 0.815. The first-order chi connectivity index (χ1) is 4.43. The molecule has 1 aromatic rings. The number of hydrogen-bond acceptors (Lipinski definition) is 2. The van der Waals surface area contributed by atoms with Crippen LogP contribution in [-0.4, -0.2) is 5.62 Å². The van der Waals surface area contributed by atoms with Crippen LogP contribution in [0.15, 0.2) is 29.2 Å². The second-order valence-corrected chi connectivity index (χ2v) is 2.35. The summed E-state index contributed by atoms with van der Waals surface area (Å²) in [6.07, 6.45) is 0. The van der Waals surface area contributed by atoms with E-state index in [-0.39, 0.29) is 0 Å². The molecule has 0 saturated carbocycles. The fourth-order valence-electron chi connectivity index (χ4n) is 0.506. The average Bonchev–Trinajstić information content (AvgIpc) is 1.91. The van der Waals surface area contributed by atoms with Crippen LogP contribution in [0.3, 0.4) is 0 Å². The largest absolute Gasteiger partial charge is 0.291 e. The van der Waals surface area contributed by atoms with E-state index in [1.54, 1.807) is 12.1 Å². The Bertz CT molecular complexity index is 183. The van der Waals surface area contributed by atoms with Crippen LogP contribution in [0.1, 0.15) is 0 Å². The normalized spacial score (nSPS) is 8.89. The third kappa shape index (κ3) is 1.90. The number of benzene rings is 1. The Labute approximate surface area is 58.1 Å². The lowest BCUT2D eigenvalue weighted by Crippen LogP contribution is -1.66. The van der Waals surface area contributed by atoms with Crippen LogP contribution in [0.4, 0.5) is 0 Å². The van der Waals surface area contributed by atoms with Crippen molar-refractivity contribution in [3.8, 4) is 0 Å². The van der Waals surface area contributed by atoms with Crippen LogP contribution >= 0.6 is 11.8 Å². The Morgan fingerprint density at radius 1 is 1.44 bits per heavy atom. The molecule has 1 aromatic carbocycles. The molecule has 0 aliphatic carbocycles. The maximum Gasteiger partial charge on any atom is 0.180 e. The highest BCUT2D eigenvalue weighted by atomic mass is 32.2. The SMILES string of the molecule is O=CSc1cc[c]cc1. The molecule has 0 saturated heterocycles. The van der Waals surface area contributed by atoms with E-state index in [1.165, 1.54) is 11.8 Å². The molecule has 0 bridgehead atoms. The van der Waals surface area contributed by atoms with Crippen LogP contribution in [0.25, 0.3) is 0 Å². The predicted octanol–water partition coefficient (Wildman–Crippen LogP) is 1.77. The van der Waals surface area contributed by atoms with Gasteiger partial charge in [-0.25, -0.2) is 0 Å². The molecular weight excluding hydrogens is 132 g/mol. The van der Waals surface area contributed by atoms with Crippen molar-refractivity contribution in [3.05, 3.63) is 30.3 Å². The Morgan fingerprint density at radius 2 is 2.11 bits per heavy atom. The smallest absolute Gasteiger partial charge is 0.180 e. The van der Waals surface area contributed by atoms with Crippen molar-refractivity contribution in [2.45, 2.75) is 4.90 Å². The van der Waals surface area contributed by atoms with Gasteiger partial charge in [-0.15, -0.1) is 0 Å². The van der Waals surface area contributed by atoms with E-state index in [4.69, 9.17) is 0 Å². The number of carbonyl (C=O) groups excluding carboxylic acids is 1. The summed E-state index contributed by atoms with van der Waals surface area (Å²) in [5.41, 5.74) is 0.815. The Morgan fingerprint density at radius 3 is 2.67 bits per heavy atom. The Hall–Kier alpha value is -0.760. The first-order valence-corrected chi connectivity index (χ1v) is 3.38. The lowest BCUT2D eigenvalue weighted by atomic mass is 10.4. The first kappa shape index (κ1) is 6.36. The fraction of sp³-hybridized carbons (Fsp3) is 0. The highest BCUT2D eigenvalue weighted by Gasteiger charge is 1.85. The molecule has 0 amide bonds. The van der Waals surface area contributed by atoms with Crippen molar-refractivity contribution < 1.29 is 4.79 Å². The van der Waals surface area contributed by atoms with Crippen molar-refractivity contribution in [3.63, 3.8) is 0 Å². The standard InChI is InChI=1S/C7H5OS/c8-6-9-7-4-2-1-3-5-7/h2-6H. The minimum Gasteiger partial charge on any atom is -0.291 e. The molecule has 0 fully saturated rings. The highest BCUT2D eigenvalue weighted by Crippen LogP contribution is 2.12. The van der Waals surface area contributed by atoms with Gasteiger partial charge in [-0.2, -0.15) is 0 Å². The third-order valence-corrected chi connectivity index (χ3v) is 1.51. The van der Waals surface area contributed by atoms with Crippen LogP contribution in [0, 0.1) is 6.07 Å². The molecule has 45 valence electrons. The van der Waals surface area contributed by atoms with Gasteiger partial charge in [0.2, 0.25) is 0 Å². The molecule has 2 heteroatoms. The van der Waals surface area contributed by atoms with Crippen LogP contribution in [-0.2, 0) is 4.79 Å². The van der Waals surface area contributed by atoms with Gasteiger partial charge in [-0.1, -0.05) is 23.9 Å². The lowest BCUT2D eigenvalue weighted by molar-refractivity contribution is 0.570. The van der Waals surface area contributed by atoms with Gasteiger partial charge in [0.1, 0.15) is 0 Å². The van der Waals surface area contributed by atoms with Crippen molar-refractivity contribution >= 4 is 17.4 Å². The van der Waals surface area contributed by atoms with Gasteiger partial charge >= 0.3 is 0 Å². The topological polar surface area (TPSA) is 17.1 Å². The zero-order valence-corrected chi connectivity index (χ0v) is 5.52. The summed E-state index contributed by atoms with van der Waals surface area (Å²) in [5, 5.41) is 0. The highest BCUT2D eigenvalue weighted by molar-refractivity contribution is 8.11. The Kier molecular flexibility index (Phi) is 2.33. The van der Waals surface area contributed by atoms with Crippen molar-refractivity contribution in [2.75, 3.05) is 0 Å². The molecule has 1 nitrogen and oxygen atoms in total. The molecule has 0 N–H and O–H groups in total. The number of carbonyl (C=O) groups is 1. The summed E-state index contributed by atoms with van der Waals surface area (Å²) < 4.78 is 0. The van der Waals surface area contributed by atoms with Crippen molar-refractivity contribution in [1.29, 1.82) is 0 Å². The molecule has 0 aliphatic rings.